The molecule has 2 aliphatic heterocycles. The minimum atomic E-state index is -4.05. The lowest BCUT2D eigenvalue weighted by Gasteiger charge is -2.38. The average molecular weight is 660 g/mol. The van der Waals surface area contributed by atoms with Crippen molar-refractivity contribution < 1.29 is 31.5 Å². The molecule has 1 aromatic heterocycles. The van der Waals surface area contributed by atoms with E-state index in [1.54, 1.807) is 40.8 Å². The number of piperidine rings is 1. The van der Waals surface area contributed by atoms with E-state index in [4.69, 9.17) is 9.57 Å². The molecule has 1 spiro atoms. The highest BCUT2D eigenvalue weighted by Gasteiger charge is 2.47. The molecule has 1 N–H and O–H groups in total. The predicted molar refractivity (Wildman–Crippen MR) is 169 cm³/mol. The third kappa shape index (κ3) is 6.30. The molecule has 1 aliphatic carbocycles. The first-order valence-electron chi connectivity index (χ1n) is 15.6. The number of pyridine rings is 1. The Hall–Kier alpha value is -2.81. The van der Waals surface area contributed by atoms with Gasteiger partial charge in [0.2, 0.25) is 15.5 Å². The molecule has 3 aromatic rings. The lowest BCUT2D eigenvalue weighted by atomic mass is 9.88. The van der Waals surface area contributed by atoms with E-state index in [-0.39, 0.29) is 40.7 Å². The van der Waals surface area contributed by atoms with Crippen molar-refractivity contribution in [3.63, 3.8) is 0 Å². The van der Waals surface area contributed by atoms with E-state index in [0.29, 0.717) is 61.9 Å². The van der Waals surface area contributed by atoms with Crippen LogP contribution in [0.4, 0.5) is 0 Å². The Morgan fingerprint density at radius 1 is 1.11 bits per heavy atom. The largest absolute Gasteiger partial charge is 0.406 e. The lowest BCUT2D eigenvalue weighted by molar-refractivity contribution is -0.115. The molecule has 1 saturated carbocycles. The Balaban J connectivity index is 1.17. The number of sulfonamides is 1. The van der Waals surface area contributed by atoms with Crippen LogP contribution in [0.15, 0.2) is 63.2 Å². The summed E-state index contributed by atoms with van der Waals surface area (Å²) in [6.07, 6.45) is 3.50. The number of rotatable bonds is 10. The Morgan fingerprint density at radius 2 is 1.84 bits per heavy atom. The van der Waals surface area contributed by atoms with Crippen LogP contribution in [-0.4, -0.2) is 85.1 Å². The molecule has 2 saturated heterocycles. The van der Waals surface area contributed by atoms with Crippen molar-refractivity contribution in [3.05, 3.63) is 64.4 Å². The first kappa shape index (κ1) is 32.1. The third-order valence-electron chi connectivity index (χ3n) is 9.16. The van der Waals surface area contributed by atoms with Gasteiger partial charge in [0.1, 0.15) is 10.6 Å². The van der Waals surface area contributed by atoms with E-state index in [0.717, 1.165) is 5.56 Å². The number of aromatic nitrogens is 1. The summed E-state index contributed by atoms with van der Waals surface area (Å²) < 4.78 is 62.7. The predicted octanol–water partition coefficient (Wildman–Crippen LogP) is 3.25. The maximum absolute atomic E-state index is 13.8. The number of aliphatic hydroxyl groups is 1. The van der Waals surface area contributed by atoms with Crippen molar-refractivity contribution in [2.75, 3.05) is 26.2 Å². The second kappa shape index (κ2) is 12.1. The number of sulfone groups is 1. The number of aryl methyl sites for hydroxylation is 2. The van der Waals surface area contributed by atoms with Crippen LogP contribution < -0.4 is 10.3 Å². The Labute approximate surface area is 264 Å². The third-order valence-corrected chi connectivity index (χ3v) is 13.3. The molecular weight excluding hydrogens is 618 g/mol. The SMILES string of the molecule is CCn1cc(S(=O)(=O)N2CCC3(CC2)C[C@@H](N(C[C@H](C)O)Oc2cccc(S(=O)(=O)C4CC4)c2)CO3)c(=O)c2ccc(C)cc21. The van der Waals surface area contributed by atoms with Gasteiger partial charge in [0.15, 0.2) is 9.84 Å². The van der Waals surface area contributed by atoms with Crippen molar-refractivity contribution in [1.29, 1.82) is 0 Å². The fourth-order valence-electron chi connectivity index (χ4n) is 6.48. The van der Waals surface area contributed by atoms with Crippen LogP contribution in [0.2, 0.25) is 0 Å². The van der Waals surface area contributed by atoms with Crippen molar-refractivity contribution in [3.8, 4) is 5.75 Å². The Kier molecular flexibility index (Phi) is 8.63. The van der Waals surface area contributed by atoms with Crippen molar-refractivity contribution >= 4 is 30.8 Å². The van der Waals surface area contributed by atoms with E-state index >= 15 is 0 Å². The number of hydrogen-bond donors (Lipinski definition) is 1. The maximum Gasteiger partial charge on any atom is 0.248 e. The molecule has 3 aliphatic rings. The zero-order chi connectivity index (χ0) is 32.1. The van der Waals surface area contributed by atoms with Gasteiger partial charge in [-0.2, -0.15) is 4.31 Å². The number of benzene rings is 2. The monoisotopic (exact) mass is 659 g/mol. The summed E-state index contributed by atoms with van der Waals surface area (Å²) in [5, 5.41) is 11.9. The van der Waals surface area contributed by atoms with E-state index in [9.17, 15) is 26.7 Å². The van der Waals surface area contributed by atoms with Crippen LogP contribution in [0.5, 0.6) is 5.75 Å². The van der Waals surface area contributed by atoms with E-state index in [1.807, 2.05) is 26.0 Å². The van der Waals surface area contributed by atoms with Gasteiger partial charge < -0.3 is 19.2 Å². The molecule has 45 heavy (non-hydrogen) atoms. The van der Waals surface area contributed by atoms with Crippen LogP contribution in [0.25, 0.3) is 10.9 Å². The Bertz CT molecular complexity index is 1860. The zero-order valence-corrected chi connectivity index (χ0v) is 27.5. The summed E-state index contributed by atoms with van der Waals surface area (Å²) in [6, 6.07) is 11.6. The first-order valence-corrected chi connectivity index (χ1v) is 18.6. The highest BCUT2D eigenvalue weighted by molar-refractivity contribution is 7.92. The van der Waals surface area contributed by atoms with E-state index < -0.39 is 37.0 Å². The molecule has 0 unspecified atom stereocenters. The first-order chi connectivity index (χ1) is 21.3. The van der Waals surface area contributed by atoms with Crippen molar-refractivity contribution in [1.82, 2.24) is 13.9 Å². The minimum Gasteiger partial charge on any atom is -0.406 e. The van der Waals surface area contributed by atoms with Gasteiger partial charge in [-0.05, 0) is 82.7 Å². The lowest BCUT2D eigenvalue weighted by Crippen LogP contribution is -2.48. The molecule has 3 heterocycles. The van der Waals surface area contributed by atoms with E-state index in [2.05, 4.69) is 0 Å². The van der Waals surface area contributed by atoms with Gasteiger partial charge in [0, 0.05) is 37.3 Å². The van der Waals surface area contributed by atoms with Gasteiger partial charge in [-0.15, -0.1) is 5.06 Å². The van der Waals surface area contributed by atoms with Gasteiger partial charge in [-0.3, -0.25) is 4.79 Å². The summed E-state index contributed by atoms with van der Waals surface area (Å²) in [5.41, 5.74) is 0.624. The summed E-state index contributed by atoms with van der Waals surface area (Å²) >= 11 is 0. The minimum absolute atomic E-state index is 0.176. The van der Waals surface area contributed by atoms with Crippen LogP contribution in [-0.2, 0) is 31.1 Å². The summed E-state index contributed by atoms with van der Waals surface area (Å²) in [7, 11) is -7.44. The maximum atomic E-state index is 13.8. The molecule has 3 fully saturated rings. The topological polar surface area (TPSA) is 135 Å². The summed E-state index contributed by atoms with van der Waals surface area (Å²) in [6.45, 7) is 6.91. The second-order valence-corrected chi connectivity index (χ2v) is 16.8. The van der Waals surface area contributed by atoms with Crippen LogP contribution >= 0.6 is 0 Å². The number of fused-ring (bicyclic) bond motifs is 1. The normalized spacial score (nSPS) is 21.5. The smallest absolute Gasteiger partial charge is 0.248 e. The summed E-state index contributed by atoms with van der Waals surface area (Å²) in [5.74, 6) is 0.363. The molecule has 6 rings (SSSR count). The Morgan fingerprint density at radius 3 is 2.51 bits per heavy atom. The average Bonchev–Trinajstić information content (AvgIpc) is 3.79. The molecule has 0 amide bonds. The number of nitrogens with zero attached hydrogens (tertiary/aromatic N) is 3. The van der Waals surface area contributed by atoms with Gasteiger partial charge >= 0.3 is 0 Å². The number of hydrogen-bond acceptors (Lipinski definition) is 9. The molecule has 0 radical (unpaired) electrons. The number of ether oxygens (including phenoxy) is 1. The number of hydroxylamine groups is 2. The second-order valence-electron chi connectivity index (χ2n) is 12.6. The highest BCUT2D eigenvalue weighted by atomic mass is 32.2. The fraction of sp³-hybridized carbons (Fsp3) is 0.531. The van der Waals surface area contributed by atoms with Crippen LogP contribution in [0.3, 0.4) is 0 Å². The fourth-order valence-corrected chi connectivity index (χ4v) is 9.72. The van der Waals surface area contributed by atoms with Gasteiger partial charge in [0.25, 0.3) is 0 Å². The van der Waals surface area contributed by atoms with Crippen LogP contribution in [0, 0.1) is 6.92 Å². The number of aliphatic hydroxyl groups excluding tert-OH is 1. The zero-order valence-electron chi connectivity index (χ0n) is 25.9. The van der Waals surface area contributed by atoms with Gasteiger partial charge in [-0.25, -0.2) is 16.8 Å². The molecule has 2 aromatic carbocycles. The van der Waals surface area contributed by atoms with Gasteiger partial charge in [0.05, 0.1) is 46.6 Å². The quantitative estimate of drug-likeness (QED) is 0.326. The van der Waals surface area contributed by atoms with Crippen LogP contribution in [0.1, 0.15) is 51.5 Å². The molecule has 2 atom stereocenters. The van der Waals surface area contributed by atoms with Crippen molar-refractivity contribution in [2.24, 2.45) is 0 Å². The van der Waals surface area contributed by atoms with Gasteiger partial charge in [-0.1, -0.05) is 12.1 Å². The van der Waals surface area contributed by atoms with Crippen molar-refractivity contribution in [2.45, 2.75) is 92.2 Å². The molecule has 244 valence electrons. The highest BCUT2D eigenvalue weighted by Crippen LogP contribution is 2.40. The summed E-state index contributed by atoms with van der Waals surface area (Å²) in [4.78, 5) is 19.6. The molecule has 0 bridgehead atoms. The molecule has 13 heteroatoms. The van der Waals surface area contributed by atoms with E-state index in [1.165, 1.54) is 16.6 Å². The standard InChI is InChI=1S/C32H41N3O8S2/c1-4-33-20-30(31(37)28-11-8-22(2)16-29(28)33)45(40,41)34-14-12-32(13-15-34)18-24(21-42-32)35(19-23(3)36)43-25-6-5-7-27(17-25)44(38,39)26-9-10-26/h5-8,11,16-17,20,23-24,26,36H,4,9-10,12-15,18-19,21H2,1-3H3/t23-,24+/m0/s1. The molecule has 11 nitrogen and oxygen atoms in total. The molecular formula is C32H41N3O8S2.